The van der Waals surface area contributed by atoms with Crippen LogP contribution in [0.25, 0.3) is 0 Å². The molecule has 1 atom stereocenters. The zero-order chi connectivity index (χ0) is 17.1. The highest BCUT2D eigenvalue weighted by atomic mass is 35.5. The second-order valence-electron chi connectivity index (χ2n) is 5.38. The molecule has 6 nitrogen and oxygen atoms in total. The molecule has 7 heteroatoms. The van der Waals surface area contributed by atoms with E-state index in [0.717, 1.165) is 5.69 Å². The molecule has 0 spiro atoms. The number of rotatable bonds is 4. The number of para-hydroxylation sites is 1. The largest absolute Gasteiger partial charge is 0.319 e. The zero-order valence-corrected chi connectivity index (χ0v) is 13.7. The lowest BCUT2D eigenvalue weighted by Gasteiger charge is -2.20. The average molecular weight is 343 g/mol. The summed E-state index contributed by atoms with van der Waals surface area (Å²) >= 11 is 5.72. The zero-order valence-electron chi connectivity index (χ0n) is 12.9. The monoisotopic (exact) mass is 342 g/mol. The molecule has 2 heterocycles. The Morgan fingerprint density at radius 2 is 1.96 bits per heavy atom. The summed E-state index contributed by atoms with van der Waals surface area (Å²) in [6.45, 7) is 1.50. The normalized spacial score (nSPS) is 16.7. The van der Waals surface area contributed by atoms with E-state index in [1.807, 2.05) is 30.3 Å². The van der Waals surface area contributed by atoms with Gasteiger partial charge in [-0.15, -0.1) is 0 Å². The number of Topliss-reactive ketones (excluding diaryl/α,β-unsaturated/α-hetero) is 1. The highest BCUT2D eigenvalue weighted by molar-refractivity contribution is 6.44. The van der Waals surface area contributed by atoms with Gasteiger partial charge in [0.25, 0.3) is 5.91 Å². The lowest BCUT2D eigenvalue weighted by atomic mass is 10.1. The number of carbonyl (C=O) groups is 2. The number of ketones is 1. The van der Waals surface area contributed by atoms with E-state index in [0.29, 0.717) is 16.6 Å². The molecule has 0 bridgehead atoms. The summed E-state index contributed by atoms with van der Waals surface area (Å²) in [5.74, 6) is -0.401. The van der Waals surface area contributed by atoms with Crippen LogP contribution in [0.15, 0.2) is 53.8 Å². The molecule has 24 heavy (non-hydrogen) atoms. The molecule has 0 saturated heterocycles. The molecule has 2 aromatic rings. The van der Waals surface area contributed by atoms with E-state index in [1.165, 1.54) is 13.1 Å². The Bertz CT molecular complexity index is 790. The van der Waals surface area contributed by atoms with E-state index < -0.39 is 6.04 Å². The third kappa shape index (κ3) is 3.44. The number of benzene rings is 1. The number of amides is 1. The number of anilines is 2. The number of hydrogen-bond acceptors (Lipinski definition) is 5. The summed E-state index contributed by atoms with van der Waals surface area (Å²) in [6.07, 6.45) is 1.73. The van der Waals surface area contributed by atoms with Gasteiger partial charge in [0.05, 0.1) is 17.6 Å². The van der Waals surface area contributed by atoms with E-state index in [1.54, 1.807) is 17.1 Å². The van der Waals surface area contributed by atoms with Crippen LogP contribution in [0, 0.1) is 0 Å². The number of nitrogens with one attached hydrogen (secondary N) is 1. The maximum absolute atomic E-state index is 12.4. The van der Waals surface area contributed by atoms with Crippen molar-refractivity contribution in [3.63, 3.8) is 0 Å². The van der Waals surface area contributed by atoms with Crippen LogP contribution >= 0.6 is 11.6 Å². The summed E-state index contributed by atoms with van der Waals surface area (Å²) in [5.41, 5.74) is 1.59. The Labute approximate surface area is 144 Å². The van der Waals surface area contributed by atoms with E-state index in [2.05, 4.69) is 15.4 Å². The number of halogens is 1. The Morgan fingerprint density at radius 3 is 2.58 bits per heavy atom. The molecule has 1 amide bonds. The summed E-state index contributed by atoms with van der Waals surface area (Å²) < 4.78 is 0. The Kier molecular flexibility index (Phi) is 4.57. The molecule has 1 aliphatic rings. The van der Waals surface area contributed by atoms with Gasteiger partial charge in [0.1, 0.15) is 16.9 Å². The number of carbonyl (C=O) groups excluding carboxylic acids is 2. The van der Waals surface area contributed by atoms with Gasteiger partial charge in [-0.1, -0.05) is 29.8 Å². The standard InChI is InChI=1S/C17H15ClN4O2/c1-11(23)15-9-14(21-22(15)13-5-3-2-4-6-13)17(24)20-12-7-8-16(18)19-10-12/h2-8,10,15H,9H2,1H3,(H,20,24). The lowest BCUT2D eigenvalue weighted by molar-refractivity contribution is -0.118. The van der Waals surface area contributed by atoms with Gasteiger partial charge in [-0.05, 0) is 31.2 Å². The van der Waals surface area contributed by atoms with Gasteiger partial charge >= 0.3 is 0 Å². The van der Waals surface area contributed by atoms with Crippen LogP contribution in [0.3, 0.4) is 0 Å². The van der Waals surface area contributed by atoms with Crippen molar-refractivity contribution in [1.29, 1.82) is 0 Å². The second kappa shape index (κ2) is 6.80. The Morgan fingerprint density at radius 1 is 1.21 bits per heavy atom. The van der Waals surface area contributed by atoms with E-state index in [4.69, 9.17) is 11.6 Å². The van der Waals surface area contributed by atoms with Crippen LogP contribution < -0.4 is 10.3 Å². The van der Waals surface area contributed by atoms with Crippen molar-refractivity contribution < 1.29 is 9.59 Å². The number of nitrogens with zero attached hydrogens (tertiary/aromatic N) is 3. The quantitative estimate of drug-likeness (QED) is 0.867. The SMILES string of the molecule is CC(=O)C1CC(C(=O)Nc2ccc(Cl)nc2)=NN1c1ccccc1. The van der Waals surface area contributed by atoms with Crippen LogP contribution in [0.2, 0.25) is 5.15 Å². The molecule has 0 aliphatic carbocycles. The van der Waals surface area contributed by atoms with Crippen molar-refractivity contribution >= 4 is 40.4 Å². The minimum absolute atomic E-state index is 0.0430. The fourth-order valence-electron chi connectivity index (χ4n) is 2.44. The van der Waals surface area contributed by atoms with Gasteiger partial charge in [0, 0.05) is 6.42 Å². The van der Waals surface area contributed by atoms with Crippen LogP contribution in [-0.4, -0.2) is 28.4 Å². The molecular weight excluding hydrogens is 328 g/mol. The molecule has 1 aliphatic heterocycles. The maximum Gasteiger partial charge on any atom is 0.272 e. The van der Waals surface area contributed by atoms with Crippen molar-refractivity contribution in [2.45, 2.75) is 19.4 Å². The molecule has 3 rings (SSSR count). The summed E-state index contributed by atoms with van der Waals surface area (Å²) in [4.78, 5) is 28.2. The fraction of sp³-hybridized carbons (Fsp3) is 0.176. The van der Waals surface area contributed by atoms with Gasteiger partial charge in [0.2, 0.25) is 0 Å². The van der Waals surface area contributed by atoms with E-state index in [-0.39, 0.29) is 18.1 Å². The Balaban J connectivity index is 1.81. The maximum atomic E-state index is 12.4. The molecule has 1 aromatic carbocycles. The van der Waals surface area contributed by atoms with Crippen LogP contribution in [0.5, 0.6) is 0 Å². The highest BCUT2D eigenvalue weighted by Gasteiger charge is 2.34. The van der Waals surface area contributed by atoms with Crippen molar-refractivity contribution in [3.8, 4) is 0 Å². The van der Waals surface area contributed by atoms with E-state index in [9.17, 15) is 9.59 Å². The first-order valence-corrected chi connectivity index (χ1v) is 7.77. The summed E-state index contributed by atoms with van der Waals surface area (Å²) in [7, 11) is 0. The molecule has 1 aromatic heterocycles. The molecule has 0 radical (unpaired) electrons. The smallest absolute Gasteiger partial charge is 0.272 e. The summed E-state index contributed by atoms with van der Waals surface area (Å²) in [6, 6.07) is 12.1. The van der Waals surface area contributed by atoms with Crippen LogP contribution in [0.1, 0.15) is 13.3 Å². The van der Waals surface area contributed by atoms with Crippen molar-refractivity contribution in [2.75, 3.05) is 10.3 Å². The predicted octanol–water partition coefficient (Wildman–Crippen LogP) is 2.90. The third-order valence-electron chi connectivity index (χ3n) is 3.65. The predicted molar refractivity (Wildman–Crippen MR) is 93.3 cm³/mol. The average Bonchev–Trinajstić information content (AvgIpc) is 3.03. The third-order valence-corrected chi connectivity index (χ3v) is 3.87. The number of hydrazone groups is 1. The number of pyridine rings is 1. The van der Waals surface area contributed by atoms with Crippen LogP contribution in [-0.2, 0) is 9.59 Å². The topological polar surface area (TPSA) is 74.7 Å². The first kappa shape index (κ1) is 16.1. The van der Waals surface area contributed by atoms with Gasteiger partial charge < -0.3 is 5.32 Å². The van der Waals surface area contributed by atoms with E-state index >= 15 is 0 Å². The van der Waals surface area contributed by atoms with Gasteiger partial charge in [0.15, 0.2) is 5.78 Å². The second-order valence-corrected chi connectivity index (χ2v) is 5.77. The molecule has 122 valence electrons. The van der Waals surface area contributed by atoms with Gasteiger partial charge in [-0.25, -0.2) is 4.98 Å². The fourth-order valence-corrected chi connectivity index (χ4v) is 2.55. The van der Waals surface area contributed by atoms with Crippen molar-refractivity contribution in [2.24, 2.45) is 5.10 Å². The first-order chi connectivity index (χ1) is 11.5. The van der Waals surface area contributed by atoms with Crippen molar-refractivity contribution in [1.82, 2.24) is 4.98 Å². The van der Waals surface area contributed by atoms with Gasteiger partial charge in [-0.2, -0.15) is 5.10 Å². The molecule has 0 saturated carbocycles. The number of aromatic nitrogens is 1. The molecule has 0 fully saturated rings. The van der Waals surface area contributed by atoms with Crippen LogP contribution in [0.4, 0.5) is 11.4 Å². The minimum atomic E-state index is -0.475. The molecule has 1 unspecified atom stereocenters. The lowest BCUT2D eigenvalue weighted by Crippen LogP contribution is -2.33. The first-order valence-electron chi connectivity index (χ1n) is 7.39. The van der Waals surface area contributed by atoms with Gasteiger partial charge in [-0.3, -0.25) is 14.6 Å². The molecular formula is C17H15ClN4O2. The minimum Gasteiger partial charge on any atom is -0.319 e. The number of hydrogen-bond donors (Lipinski definition) is 1. The molecule has 1 N–H and O–H groups in total. The van der Waals surface area contributed by atoms with Crippen molar-refractivity contribution in [3.05, 3.63) is 53.8 Å². The Hall–Kier alpha value is -2.73. The summed E-state index contributed by atoms with van der Waals surface area (Å²) in [5, 5.41) is 9.00. The highest BCUT2D eigenvalue weighted by Crippen LogP contribution is 2.25.